The normalized spacial score (nSPS) is 16.2. The molecular weight excluding hydrogens is 327 g/mol. The third-order valence-electron chi connectivity index (χ3n) is 3.76. The summed E-state index contributed by atoms with van der Waals surface area (Å²) in [7, 11) is 0. The zero-order valence-electron chi connectivity index (χ0n) is 13.1. The summed E-state index contributed by atoms with van der Waals surface area (Å²) in [6.45, 7) is 1.41. The molecule has 0 radical (unpaired) electrons. The van der Waals surface area contributed by atoms with Crippen molar-refractivity contribution in [3.63, 3.8) is 0 Å². The molecule has 1 heterocycles. The maximum atomic E-state index is 13.5. The number of hydrogen-bond donors (Lipinski definition) is 2. The van der Waals surface area contributed by atoms with Crippen LogP contribution in [-0.4, -0.2) is 17.6 Å². The predicted octanol–water partition coefficient (Wildman–Crippen LogP) is 3.75. The Hall–Kier alpha value is -2.34. The van der Waals surface area contributed by atoms with E-state index in [1.54, 1.807) is 42.1 Å². The van der Waals surface area contributed by atoms with Gasteiger partial charge in [-0.15, -0.1) is 11.8 Å². The molecule has 2 aromatic rings. The van der Waals surface area contributed by atoms with E-state index in [2.05, 4.69) is 10.6 Å². The number of rotatable bonds is 3. The summed E-state index contributed by atoms with van der Waals surface area (Å²) >= 11 is 1.67. The van der Waals surface area contributed by atoms with E-state index in [1.165, 1.54) is 19.1 Å². The summed E-state index contributed by atoms with van der Waals surface area (Å²) in [6.07, 6.45) is 0.748. The lowest BCUT2D eigenvalue weighted by Crippen LogP contribution is -2.30. The predicted molar refractivity (Wildman–Crippen MR) is 92.7 cm³/mol. The Morgan fingerprint density at radius 1 is 1.21 bits per heavy atom. The molecule has 3 rings (SSSR count). The van der Waals surface area contributed by atoms with Crippen LogP contribution in [0.5, 0.6) is 0 Å². The van der Waals surface area contributed by atoms with Crippen LogP contribution in [0.15, 0.2) is 47.4 Å². The van der Waals surface area contributed by atoms with Crippen molar-refractivity contribution in [3.05, 3.63) is 59.4 Å². The first kappa shape index (κ1) is 16.5. The van der Waals surface area contributed by atoms with Crippen molar-refractivity contribution in [3.8, 4) is 0 Å². The Labute approximate surface area is 143 Å². The number of carbonyl (C=O) groups is 2. The van der Waals surface area contributed by atoms with Crippen LogP contribution in [0.3, 0.4) is 0 Å². The molecule has 0 spiro atoms. The second-order valence-electron chi connectivity index (χ2n) is 5.61. The molecule has 1 aliphatic heterocycles. The highest BCUT2D eigenvalue weighted by molar-refractivity contribution is 7.99. The van der Waals surface area contributed by atoms with Crippen LogP contribution in [0, 0.1) is 5.82 Å². The number of fused-ring (bicyclic) bond motifs is 1. The minimum atomic E-state index is -0.303. The summed E-state index contributed by atoms with van der Waals surface area (Å²) in [5.41, 5.74) is 1.84. The largest absolute Gasteiger partial charge is 0.345 e. The van der Waals surface area contributed by atoms with E-state index in [4.69, 9.17) is 0 Å². The van der Waals surface area contributed by atoms with Gasteiger partial charge in [-0.1, -0.05) is 6.07 Å². The third kappa shape index (κ3) is 3.76. The van der Waals surface area contributed by atoms with Gasteiger partial charge in [0.15, 0.2) is 0 Å². The van der Waals surface area contributed by atoms with Crippen molar-refractivity contribution >= 4 is 29.3 Å². The molecule has 2 N–H and O–H groups in total. The van der Waals surface area contributed by atoms with Crippen LogP contribution in [0.1, 0.15) is 35.3 Å². The maximum absolute atomic E-state index is 13.5. The van der Waals surface area contributed by atoms with E-state index < -0.39 is 0 Å². The number of benzene rings is 2. The van der Waals surface area contributed by atoms with Gasteiger partial charge in [0.05, 0.1) is 6.04 Å². The highest BCUT2D eigenvalue weighted by Crippen LogP contribution is 2.36. The minimum absolute atomic E-state index is 0.193. The zero-order valence-corrected chi connectivity index (χ0v) is 14.0. The molecule has 0 saturated carbocycles. The van der Waals surface area contributed by atoms with E-state index in [0.29, 0.717) is 11.3 Å². The highest BCUT2D eigenvalue weighted by atomic mass is 32.2. The van der Waals surface area contributed by atoms with Gasteiger partial charge in [-0.05, 0) is 48.4 Å². The molecule has 1 atom stereocenters. The quantitative estimate of drug-likeness (QED) is 0.891. The summed E-state index contributed by atoms with van der Waals surface area (Å²) < 4.78 is 13.5. The topological polar surface area (TPSA) is 58.2 Å². The summed E-state index contributed by atoms with van der Waals surface area (Å²) in [5.74, 6) is 0.133. The van der Waals surface area contributed by atoms with Gasteiger partial charge in [-0.25, -0.2) is 4.39 Å². The van der Waals surface area contributed by atoms with Crippen LogP contribution in [-0.2, 0) is 4.79 Å². The van der Waals surface area contributed by atoms with Crippen molar-refractivity contribution in [2.24, 2.45) is 0 Å². The van der Waals surface area contributed by atoms with Crippen LogP contribution in [0.4, 0.5) is 10.1 Å². The Bertz CT molecular complexity index is 794. The molecule has 1 aliphatic rings. The van der Waals surface area contributed by atoms with Gasteiger partial charge in [0.25, 0.3) is 5.91 Å². The van der Waals surface area contributed by atoms with Crippen molar-refractivity contribution in [1.82, 2.24) is 5.32 Å². The first-order valence-corrected chi connectivity index (χ1v) is 8.62. The lowest BCUT2D eigenvalue weighted by Gasteiger charge is -2.26. The molecule has 0 aliphatic carbocycles. The Morgan fingerprint density at radius 3 is 2.83 bits per heavy atom. The SMILES string of the molecule is CC(=O)Nc1cccc(C(=O)NC2CCSc3ccc(F)cc32)c1. The van der Waals surface area contributed by atoms with Crippen molar-refractivity contribution in [1.29, 1.82) is 0 Å². The lowest BCUT2D eigenvalue weighted by molar-refractivity contribution is -0.114. The van der Waals surface area contributed by atoms with Crippen LogP contribution in [0.2, 0.25) is 0 Å². The van der Waals surface area contributed by atoms with Gasteiger partial charge in [0.1, 0.15) is 5.82 Å². The van der Waals surface area contributed by atoms with E-state index in [0.717, 1.165) is 22.6 Å². The fourth-order valence-electron chi connectivity index (χ4n) is 2.70. The van der Waals surface area contributed by atoms with Crippen molar-refractivity contribution in [2.45, 2.75) is 24.3 Å². The first-order valence-electron chi connectivity index (χ1n) is 7.64. The van der Waals surface area contributed by atoms with Crippen LogP contribution in [0.25, 0.3) is 0 Å². The van der Waals surface area contributed by atoms with Gasteiger partial charge >= 0.3 is 0 Å². The lowest BCUT2D eigenvalue weighted by atomic mass is 10.0. The van der Waals surface area contributed by atoms with E-state index in [1.807, 2.05) is 0 Å². The average Bonchev–Trinajstić information content (AvgIpc) is 2.55. The third-order valence-corrected chi connectivity index (χ3v) is 4.88. The molecule has 2 aromatic carbocycles. The Balaban J connectivity index is 1.79. The minimum Gasteiger partial charge on any atom is -0.345 e. The standard InChI is InChI=1S/C18H17FN2O2S/c1-11(22)20-14-4-2-3-12(9-14)18(23)21-16-7-8-24-17-6-5-13(19)10-15(16)17/h2-6,9-10,16H,7-8H2,1H3,(H,20,22)(H,21,23). The summed E-state index contributed by atoms with van der Waals surface area (Å²) in [4.78, 5) is 24.7. The second-order valence-corrected chi connectivity index (χ2v) is 6.74. The summed E-state index contributed by atoms with van der Waals surface area (Å²) in [6, 6.07) is 11.2. The number of hydrogen-bond acceptors (Lipinski definition) is 3. The molecule has 6 heteroatoms. The molecule has 0 aromatic heterocycles. The van der Waals surface area contributed by atoms with Gasteiger partial charge in [0.2, 0.25) is 5.91 Å². The Kier molecular flexibility index (Phi) is 4.85. The van der Waals surface area contributed by atoms with Gasteiger partial charge < -0.3 is 10.6 Å². The molecule has 0 saturated heterocycles. The molecule has 4 nitrogen and oxygen atoms in total. The van der Waals surface area contributed by atoms with Crippen molar-refractivity contribution < 1.29 is 14.0 Å². The monoisotopic (exact) mass is 344 g/mol. The van der Waals surface area contributed by atoms with Gasteiger partial charge in [-0.3, -0.25) is 9.59 Å². The number of nitrogens with one attached hydrogen (secondary N) is 2. The molecule has 1 unspecified atom stereocenters. The fraction of sp³-hybridized carbons (Fsp3) is 0.222. The van der Waals surface area contributed by atoms with Gasteiger partial charge in [-0.2, -0.15) is 0 Å². The van der Waals surface area contributed by atoms with E-state index in [9.17, 15) is 14.0 Å². The molecule has 124 valence electrons. The first-order chi connectivity index (χ1) is 11.5. The molecule has 0 bridgehead atoms. The Morgan fingerprint density at radius 2 is 2.04 bits per heavy atom. The second kappa shape index (κ2) is 7.05. The highest BCUT2D eigenvalue weighted by Gasteiger charge is 2.23. The number of carbonyl (C=O) groups excluding carboxylic acids is 2. The molecule has 0 fully saturated rings. The fourth-order valence-corrected chi connectivity index (χ4v) is 3.80. The van der Waals surface area contributed by atoms with Gasteiger partial charge in [0, 0.05) is 28.8 Å². The number of anilines is 1. The molecule has 24 heavy (non-hydrogen) atoms. The summed E-state index contributed by atoms with van der Waals surface area (Å²) in [5, 5.41) is 5.62. The van der Waals surface area contributed by atoms with Crippen LogP contribution >= 0.6 is 11.8 Å². The molecule has 2 amide bonds. The number of amides is 2. The molecular formula is C18H17FN2O2S. The smallest absolute Gasteiger partial charge is 0.251 e. The zero-order chi connectivity index (χ0) is 17.1. The van der Waals surface area contributed by atoms with Crippen LogP contribution < -0.4 is 10.6 Å². The van der Waals surface area contributed by atoms with E-state index >= 15 is 0 Å². The maximum Gasteiger partial charge on any atom is 0.251 e. The number of halogens is 1. The average molecular weight is 344 g/mol. The number of thioether (sulfide) groups is 1. The van der Waals surface area contributed by atoms with E-state index in [-0.39, 0.29) is 23.7 Å². The van der Waals surface area contributed by atoms with Crippen molar-refractivity contribution in [2.75, 3.05) is 11.1 Å².